The highest BCUT2D eigenvalue weighted by atomic mass is 79.9. The summed E-state index contributed by atoms with van der Waals surface area (Å²) in [7, 11) is 0. The minimum atomic E-state index is 0.221. The van der Waals surface area contributed by atoms with Crippen molar-refractivity contribution in [1.29, 1.82) is 0 Å². The van der Waals surface area contributed by atoms with Crippen molar-refractivity contribution in [3.8, 4) is 0 Å². The number of piperidine rings is 1. The molecule has 2 rings (SSSR count). The Bertz CT molecular complexity index is 425. The average molecular weight is 395 g/mol. The van der Waals surface area contributed by atoms with Gasteiger partial charge in [-0.1, -0.05) is 13.3 Å². The maximum atomic E-state index is 12.2. The Morgan fingerprint density at radius 1 is 1.44 bits per heavy atom. The number of carbonyl (C=O) groups excluding carboxylic acids is 1. The Morgan fingerprint density at radius 2 is 2.11 bits per heavy atom. The number of thiophene rings is 1. The van der Waals surface area contributed by atoms with E-state index in [1.54, 1.807) is 11.3 Å². The van der Waals surface area contributed by atoms with Crippen LogP contribution in [0.1, 0.15) is 36.5 Å². The van der Waals surface area contributed by atoms with Gasteiger partial charge in [-0.3, -0.25) is 9.69 Å². The second kappa shape index (κ2) is 6.64. The lowest BCUT2D eigenvalue weighted by Crippen LogP contribution is -2.37. The summed E-state index contributed by atoms with van der Waals surface area (Å²) >= 11 is 8.43. The van der Waals surface area contributed by atoms with Gasteiger partial charge in [-0.25, -0.2) is 0 Å². The zero-order chi connectivity index (χ0) is 13.1. The van der Waals surface area contributed by atoms with Crippen molar-refractivity contribution in [3.05, 3.63) is 19.2 Å². The molecule has 18 heavy (non-hydrogen) atoms. The number of nitrogens with zero attached hydrogens (tertiary/aromatic N) is 1. The molecule has 0 atom stereocenters. The van der Waals surface area contributed by atoms with E-state index in [1.165, 1.54) is 19.3 Å². The quantitative estimate of drug-likeness (QED) is 0.696. The van der Waals surface area contributed by atoms with E-state index in [2.05, 4.69) is 43.7 Å². The van der Waals surface area contributed by atoms with Crippen LogP contribution in [0.25, 0.3) is 0 Å². The molecule has 1 aliphatic heterocycles. The molecule has 0 spiro atoms. The van der Waals surface area contributed by atoms with Crippen molar-refractivity contribution in [2.75, 3.05) is 19.6 Å². The van der Waals surface area contributed by atoms with Gasteiger partial charge in [0.05, 0.1) is 14.1 Å². The summed E-state index contributed by atoms with van der Waals surface area (Å²) < 4.78 is 1.94. The lowest BCUT2D eigenvalue weighted by atomic mass is 9.94. The van der Waals surface area contributed by atoms with Crippen LogP contribution in [0.4, 0.5) is 0 Å². The van der Waals surface area contributed by atoms with E-state index < -0.39 is 0 Å². The van der Waals surface area contributed by atoms with Gasteiger partial charge in [0.25, 0.3) is 0 Å². The number of carbonyl (C=O) groups is 1. The summed E-state index contributed by atoms with van der Waals surface area (Å²) in [5, 5.41) is 0. The van der Waals surface area contributed by atoms with Gasteiger partial charge in [0.2, 0.25) is 0 Å². The van der Waals surface area contributed by atoms with Crippen LogP contribution in [0, 0.1) is 5.92 Å². The molecule has 0 bridgehead atoms. The fraction of sp³-hybridized carbons (Fsp3) is 0.615. The summed E-state index contributed by atoms with van der Waals surface area (Å²) in [5.41, 5.74) is 0.810. The summed E-state index contributed by atoms with van der Waals surface area (Å²) in [4.78, 5) is 14.5. The molecule has 1 fully saturated rings. The minimum absolute atomic E-state index is 0.221. The van der Waals surface area contributed by atoms with Gasteiger partial charge in [-0.2, -0.15) is 0 Å². The van der Waals surface area contributed by atoms with Crippen LogP contribution in [-0.4, -0.2) is 30.3 Å². The molecular formula is C13H17Br2NOS. The Kier molecular flexibility index (Phi) is 5.42. The van der Waals surface area contributed by atoms with E-state index in [-0.39, 0.29) is 5.78 Å². The molecule has 100 valence electrons. The minimum Gasteiger partial charge on any atom is -0.296 e. The molecule has 5 heteroatoms. The third kappa shape index (κ3) is 3.65. The first-order valence-corrected chi connectivity index (χ1v) is 8.70. The Morgan fingerprint density at radius 3 is 2.61 bits per heavy atom. The van der Waals surface area contributed by atoms with Crippen LogP contribution >= 0.6 is 43.2 Å². The smallest absolute Gasteiger partial charge is 0.178 e. The Hall–Kier alpha value is 0.290. The van der Waals surface area contributed by atoms with Crippen molar-refractivity contribution >= 4 is 49.0 Å². The van der Waals surface area contributed by atoms with Gasteiger partial charge in [0.1, 0.15) is 0 Å². The van der Waals surface area contributed by atoms with Crippen LogP contribution < -0.4 is 0 Å². The van der Waals surface area contributed by atoms with Crippen LogP contribution in [0.15, 0.2) is 13.6 Å². The largest absolute Gasteiger partial charge is 0.296 e. The van der Waals surface area contributed by atoms with Crippen LogP contribution in [0.3, 0.4) is 0 Å². The zero-order valence-corrected chi connectivity index (χ0v) is 14.4. The summed E-state index contributed by atoms with van der Waals surface area (Å²) in [6.45, 7) is 4.93. The van der Waals surface area contributed by atoms with Crippen molar-refractivity contribution in [2.45, 2.75) is 26.2 Å². The molecule has 0 unspecified atom stereocenters. The number of hydrogen-bond acceptors (Lipinski definition) is 3. The van der Waals surface area contributed by atoms with Crippen molar-refractivity contribution in [1.82, 2.24) is 4.90 Å². The first-order valence-electron chi connectivity index (χ1n) is 6.30. The molecule has 1 aromatic rings. The standard InChI is InChI=1S/C13H17Br2NOS/c1-2-9-3-5-16(6-4-9)8-11(17)10-7-12(14)18-13(10)15/h7,9H,2-6,8H2,1H3. The van der Waals surface area contributed by atoms with E-state index in [0.29, 0.717) is 6.54 Å². The first-order chi connectivity index (χ1) is 8.60. The van der Waals surface area contributed by atoms with Gasteiger partial charge in [0, 0.05) is 5.56 Å². The molecule has 1 aromatic heterocycles. The van der Waals surface area contributed by atoms with E-state index in [4.69, 9.17) is 0 Å². The van der Waals surface area contributed by atoms with Crippen LogP contribution in [-0.2, 0) is 0 Å². The number of halogens is 2. The van der Waals surface area contributed by atoms with E-state index in [1.807, 2.05) is 6.07 Å². The molecule has 0 aliphatic carbocycles. The Balaban J connectivity index is 1.90. The molecule has 0 aromatic carbocycles. The molecule has 2 nitrogen and oxygen atoms in total. The highest BCUT2D eigenvalue weighted by Crippen LogP contribution is 2.32. The van der Waals surface area contributed by atoms with Crippen molar-refractivity contribution < 1.29 is 4.79 Å². The molecular weight excluding hydrogens is 378 g/mol. The molecule has 0 amide bonds. The number of likely N-dealkylation sites (tertiary alicyclic amines) is 1. The third-order valence-electron chi connectivity index (χ3n) is 3.61. The average Bonchev–Trinajstić information content (AvgIpc) is 2.69. The van der Waals surface area contributed by atoms with Gasteiger partial charge in [-0.15, -0.1) is 11.3 Å². The Labute approximate surface area is 129 Å². The number of rotatable bonds is 4. The van der Waals surface area contributed by atoms with Crippen LogP contribution in [0.2, 0.25) is 0 Å². The lowest BCUT2D eigenvalue weighted by molar-refractivity contribution is 0.0894. The molecule has 0 saturated carbocycles. The number of Topliss-reactive ketones (excluding diaryl/α,β-unsaturated/α-hetero) is 1. The predicted octanol–water partition coefficient (Wildman–Crippen LogP) is 4.58. The SMILES string of the molecule is CCC1CCN(CC(=O)c2cc(Br)sc2Br)CC1. The number of ketones is 1. The normalized spacial score (nSPS) is 18.2. The zero-order valence-electron chi connectivity index (χ0n) is 10.4. The van der Waals surface area contributed by atoms with Crippen molar-refractivity contribution in [2.24, 2.45) is 5.92 Å². The van der Waals surface area contributed by atoms with Gasteiger partial charge < -0.3 is 0 Å². The van der Waals surface area contributed by atoms with Gasteiger partial charge in [-0.05, 0) is 69.8 Å². The summed E-state index contributed by atoms with van der Waals surface area (Å²) in [6, 6.07) is 1.91. The fourth-order valence-corrected chi connectivity index (χ4v) is 5.23. The van der Waals surface area contributed by atoms with E-state index >= 15 is 0 Å². The lowest BCUT2D eigenvalue weighted by Gasteiger charge is -2.30. The first kappa shape index (κ1) is 14.7. The fourth-order valence-electron chi connectivity index (χ4n) is 2.37. The monoisotopic (exact) mass is 393 g/mol. The highest BCUT2D eigenvalue weighted by Gasteiger charge is 2.21. The van der Waals surface area contributed by atoms with Gasteiger partial charge in [0.15, 0.2) is 5.78 Å². The summed E-state index contributed by atoms with van der Waals surface area (Å²) in [6.07, 6.45) is 3.74. The molecule has 1 aliphatic rings. The highest BCUT2D eigenvalue weighted by molar-refractivity contribution is 9.12. The van der Waals surface area contributed by atoms with Gasteiger partial charge >= 0.3 is 0 Å². The van der Waals surface area contributed by atoms with E-state index in [9.17, 15) is 4.79 Å². The molecule has 2 heterocycles. The third-order valence-corrected chi connectivity index (χ3v) is 5.95. The molecule has 1 saturated heterocycles. The maximum Gasteiger partial charge on any atom is 0.178 e. The predicted molar refractivity (Wildman–Crippen MR) is 83.5 cm³/mol. The topological polar surface area (TPSA) is 20.3 Å². The van der Waals surface area contributed by atoms with Crippen molar-refractivity contribution in [3.63, 3.8) is 0 Å². The summed E-state index contributed by atoms with van der Waals surface area (Å²) in [5.74, 6) is 1.08. The van der Waals surface area contributed by atoms with E-state index in [0.717, 1.165) is 32.1 Å². The second-order valence-electron chi connectivity index (χ2n) is 4.79. The number of hydrogen-bond donors (Lipinski definition) is 0. The molecule has 0 radical (unpaired) electrons. The second-order valence-corrected chi connectivity index (χ2v) is 8.54. The molecule has 0 N–H and O–H groups in total. The van der Waals surface area contributed by atoms with Crippen LogP contribution in [0.5, 0.6) is 0 Å². The maximum absolute atomic E-state index is 12.2.